The molecule has 3 aliphatic rings. The first-order valence-electron chi connectivity index (χ1n) is 33.4. The fourth-order valence-corrected chi connectivity index (χ4v) is 14.2. The molecule has 0 saturated heterocycles. The van der Waals surface area contributed by atoms with E-state index in [0.29, 0.717) is 47.2 Å². The van der Waals surface area contributed by atoms with Crippen LogP contribution in [0.2, 0.25) is 0 Å². The number of carbonyl (C=O) groups excluding carboxylic acids is 4. The Hall–Kier alpha value is -9.72. The van der Waals surface area contributed by atoms with Gasteiger partial charge in [-0.15, -0.1) is 0 Å². The maximum absolute atomic E-state index is 15.6. The largest absolute Gasteiger partial charge is 0.478 e. The molecule has 0 saturated carbocycles. The molecule has 6 aromatic carbocycles. The van der Waals surface area contributed by atoms with Crippen LogP contribution >= 0.6 is 0 Å². The molecule has 0 radical (unpaired) electrons. The van der Waals surface area contributed by atoms with E-state index in [1.807, 2.05) is 39.8 Å². The van der Waals surface area contributed by atoms with Gasteiger partial charge in [0.15, 0.2) is 0 Å². The average Bonchev–Trinajstić information content (AvgIpc) is 1.73. The van der Waals surface area contributed by atoms with Gasteiger partial charge in [0, 0.05) is 103 Å². The number of nitrogens with zero attached hydrogens (tertiary/aromatic N) is 6. The van der Waals surface area contributed by atoms with Crippen LogP contribution in [0, 0.1) is 41.8 Å². The minimum absolute atomic E-state index is 0.0127. The van der Waals surface area contributed by atoms with Gasteiger partial charge in [-0.25, -0.2) is 58.6 Å². The third-order valence-electron chi connectivity index (χ3n) is 18.4. The van der Waals surface area contributed by atoms with Crippen molar-refractivity contribution in [2.24, 2.45) is 0 Å². The second-order valence-corrected chi connectivity index (χ2v) is 28.2. The van der Waals surface area contributed by atoms with Crippen LogP contribution in [0.3, 0.4) is 0 Å². The number of ether oxygens (including phenoxy) is 2. The third kappa shape index (κ3) is 17.7. The normalized spacial score (nSPS) is 18.8. The van der Waals surface area contributed by atoms with Crippen LogP contribution in [0.5, 0.6) is 0 Å². The van der Waals surface area contributed by atoms with Crippen LogP contribution in [0.1, 0.15) is 171 Å². The predicted octanol–water partition coefficient (Wildman–Crippen LogP) is 15.8. The van der Waals surface area contributed by atoms with Gasteiger partial charge in [-0.2, -0.15) is 10.2 Å². The first kappa shape index (κ1) is 77.4. The number of hydrogen-bond acceptors (Lipinski definition) is 12. The van der Waals surface area contributed by atoms with Crippen molar-refractivity contribution in [2.45, 2.75) is 156 Å². The van der Waals surface area contributed by atoms with E-state index in [2.05, 4.69) is 30.1 Å². The van der Waals surface area contributed by atoms with Gasteiger partial charge in [0.1, 0.15) is 51.9 Å². The molecule has 6 unspecified atom stereocenters. The molecule has 0 bridgehead atoms. The van der Waals surface area contributed by atoms with E-state index >= 15 is 26.3 Å². The number of alkyl halides is 3. The van der Waals surface area contributed by atoms with Crippen LogP contribution in [0.4, 0.5) is 45.2 Å². The summed E-state index contributed by atoms with van der Waals surface area (Å²) in [5.74, 6) is -7.84. The smallest absolute Gasteiger partial charge is 0.330 e. The molecule has 0 spiro atoms. The molecule has 25 heteroatoms. The Bertz CT molecular complexity index is 4610. The van der Waals surface area contributed by atoms with Crippen molar-refractivity contribution in [3.05, 3.63) is 211 Å². The van der Waals surface area contributed by atoms with E-state index in [1.165, 1.54) is 86.4 Å². The van der Waals surface area contributed by atoms with E-state index in [1.54, 1.807) is 51.4 Å². The molecule has 6 atom stereocenters. The number of esters is 2. The monoisotopic (exact) mass is 1430 g/mol. The Kier molecular flexibility index (Phi) is 23.4. The van der Waals surface area contributed by atoms with Crippen LogP contribution in [0.25, 0.3) is 40.0 Å². The van der Waals surface area contributed by atoms with Gasteiger partial charge in [0.2, 0.25) is 11.8 Å². The number of nitrogens with one attached hydrogen (secondary N) is 2. The number of aromatic nitrogens is 4. The number of carboxylic acid groups (broad SMARTS) is 1. The second kappa shape index (κ2) is 31.1. The van der Waals surface area contributed by atoms with Gasteiger partial charge in [0.25, 0.3) is 0 Å². The zero-order valence-electron chi connectivity index (χ0n) is 59.6. The molecule has 11 rings (SSSR count). The maximum atomic E-state index is 15.6. The van der Waals surface area contributed by atoms with Crippen molar-refractivity contribution in [3.63, 3.8) is 0 Å². The van der Waals surface area contributed by atoms with E-state index in [4.69, 9.17) is 5.11 Å². The first-order valence-corrected chi connectivity index (χ1v) is 33.4. The van der Waals surface area contributed by atoms with Gasteiger partial charge < -0.3 is 19.9 Å². The van der Waals surface area contributed by atoms with Crippen molar-refractivity contribution in [1.82, 2.24) is 34.7 Å². The van der Waals surface area contributed by atoms with Crippen molar-refractivity contribution in [1.29, 1.82) is 0 Å². The molecule has 2 aromatic heterocycles. The molecule has 0 aliphatic carbocycles. The third-order valence-corrected chi connectivity index (χ3v) is 18.4. The summed E-state index contributed by atoms with van der Waals surface area (Å²) in [4.78, 5) is 62.5. The molecular formula is C78H83F9N8O8. The predicted molar refractivity (Wildman–Crippen MR) is 376 cm³/mol. The van der Waals surface area contributed by atoms with Crippen molar-refractivity contribution >= 4 is 75.4 Å². The summed E-state index contributed by atoms with van der Waals surface area (Å²) in [7, 11) is 2.41. The number of methoxy groups -OCH3 is 2. The summed E-state index contributed by atoms with van der Waals surface area (Å²) in [5.41, 5.74) is 2.50. The van der Waals surface area contributed by atoms with E-state index in [0.717, 1.165) is 99.2 Å². The fraction of sp³-hybridized carbons (Fsp3) is 0.372. The summed E-state index contributed by atoms with van der Waals surface area (Å²) in [6.07, 6.45) is 11.5. The highest BCUT2D eigenvalue weighted by molar-refractivity contribution is 5.93. The van der Waals surface area contributed by atoms with E-state index in [9.17, 15) is 37.1 Å². The Labute approximate surface area is 591 Å². The van der Waals surface area contributed by atoms with Crippen LogP contribution < -0.4 is 5.32 Å². The zero-order valence-corrected chi connectivity index (χ0v) is 59.6. The molecule has 3 N–H and O–H groups in total. The molecular weight excluding hydrogens is 1350 g/mol. The lowest BCUT2D eigenvalue weighted by atomic mass is 9.81. The standard InChI is InChI=1S/C27H28F3N3O3.C27H31F3N2O3.C24H24F3N3O2/c1-15-10-19-18(7-8-23-20(19)13-31-33(23)16(2)34)26(32(15)14-27(3,4)30)25-21(28)11-17(12-22(25)29)6-9-24(35)36-5;1-15-11-20-16(2)23(31-17(3)33)9-8-19(20)26(32(15)14-27(4,5)30)25-21(28)12-18(13-22(25)29)7-10-24(34)35-6;1-13-8-16-15(5-6-20-17(16)11-28-29-20)23(30(13)12-24(2,3)27)22-18(25)9-14(10-19(22)26)4-7-21(31)32/h6-9,11-13,15,26H,10,14H2,1-5H3;7-10,12-13,15,26H,11,14H2,1-6H3,(H,31,33);4-7,9-11,13,23H,8,12H2,1-3H3,(H,28,29)(H,31,32)/b9-6+;10-7+;7-4+. The number of aromatic amines is 1. The summed E-state index contributed by atoms with van der Waals surface area (Å²) < 4.78 is 148. The minimum atomic E-state index is -1.62. The summed E-state index contributed by atoms with van der Waals surface area (Å²) in [6.45, 7) is 18.9. The molecule has 3 aliphatic heterocycles. The Morgan fingerprint density at radius 3 is 1.30 bits per heavy atom. The lowest BCUT2D eigenvalue weighted by Crippen LogP contribution is -2.48. The Morgan fingerprint density at radius 1 is 0.553 bits per heavy atom. The number of hydrogen-bond donors (Lipinski definition) is 3. The number of amides is 1. The minimum Gasteiger partial charge on any atom is -0.478 e. The second-order valence-electron chi connectivity index (χ2n) is 28.2. The van der Waals surface area contributed by atoms with Crippen molar-refractivity contribution < 1.29 is 78.1 Å². The number of aliphatic carboxylic acids is 1. The molecule has 16 nitrogen and oxygen atoms in total. The summed E-state index contributed by atoms with van der Waals surface area (Å²) in [6, 6.07) is 14.0. The number of benzene rings is 6. The maximum Gasteiger partial charge on any atom is 0.330 e. The average molecular weight is 1430 g/mol. The summed E-state index contributed by atoms with van der Waals surface area (Å²) >= 11 is 0. The zero-order chi connectivity index (χ0) is 75.6. The lowest BCUT2D eigenvalue weighted by Gasteiger charge is -2.44. The molecule has 5 heterocycles. The topological polar surface area (TPSA) is 192 Å². The number of rotatable bonds is 16. The number of carboxylic acids is 1. The molecule has 546 valence electrons. The van der Waals surface area contributed by atoms with Gasteiger partial charge >= 0.3 is 17.9 Å². The van der Waals surface area contributed by atoms with E-state index in [-0.39, 0.29) is 83.0 Å². The molecule has 103 heavy (non-hydrogen) atoms. The van der Waals surface area contributed by atoms with Crippen molar-refractivity contribution in [2.75, 3.05) is 39.2 Å². The van der Waals surface area contributed by atoms with Crippen molar-refractivity contribution in [3.8, 4) is 0 Å². The first-order chi connectivity index (χ1) is 48.3. The van der Waals surface area contributed by atoms with Gasteiger partial charge in [-0.1, -0.05) is 18.2 Å². The highest BCUT2D eigenvalue weighted by Crippen LogP contribution is 2.47. The summed E-state index contributed by atoms with van der Waals surface area (Å²) in [5, 5.41) is 24.4. The number of halogens is 9. The highest BCUT2D eigenvalue weighted by atomic mass is 19.2. The van der Waals surface area contributed by atoms with Gasteiger partial charge in [-0.05, 0) is 217 Å². The van der Waals surface area contributed by atoms with Crippen LogP contribution in [-0.4, -0.2) is 138 Å². The molecule has 0 fully saturated rings. The van der Waals surface area contributed by atoms with Gasteiger partial charge in [-0.3, -0.25) is 29.4 Å². The lowest BCUT2D eigenvalue weighted by molar-refractivity contribution is -0.135. The number of anilines is 1. The SMILES string of the molecule is CC1Cc2c(ccc3[nH]ncc23)C(c2c(F)cc(/C=C/C(=O)O)cc2F)N1CC(C)(C)F.COC(=O)/C=C/c1cc(F)c(C2c3ccc(NC(C)=O)c(C)c3CC(C)N2CC(C)(C)F)c(F)c1.COC(=O)/C=C/c1cc(F)c(C2c3ccc4c(cnn4C(C)=O)c3CC(C)N2CC(C)(C)F)c(F)c1. The van der Waals surface area contributed by atoms with Crippen LogP contribution in [0.15, 0.2) is 103 Å². The van der Waals surface area contributed by atoms with E-state index < -0.39 is 87.9 Å². The molecule has 8 aromatic rings. The van der Waals surface area contributed by atoms with Gasteiger partial charge in [0.05, 0.1) is 55.8 Å². The fourth-order valence-electron chi connectivity index (χ4n) is 14.2. The quantitative estimate of drug-likeness (QED) is 0.0471. The number of fused-ring (bicyclic) bond motifs is 7. The molecule has 1 amide bonds. The highest BCUT2D eigenvalue weighted by Gasteiger charge is 2.44. The Balaban J connectivity index is 0.000000180. The Morgan fingerprint density at radius 2 is 0.922 bits per heavy atom. The van der Waals surface area contributed by atoms with Crippen LogP contribution in [-0.2, 0) is 47.9 Å². The number of H-pyrrole nitrogens is 1. The number of carbonyl (C=O) groups is 5.